The minimum Gasteiger partial charge on any atom is -0.294 e. The lowest BCUT2D eigenvalue weighted by Gasteiger charge is -2.31. The average molecular weight is 268 g/mol. The SMILES string of the molecule is CCC(=C1C(=O)C2(C)CCC1C2(C)C)c1ccccc1. The molecule has 2 aliphatic rings. The lowest BCUT2D eigenvalue weighted by molar-refractivity contribution is -0.125. The molecule has 20 heavy (non-hydrogen) atoms. The van der Waals surface area contributed by atoms with Gasteiger partial charge in [0.15, 0.2) is 5.78 Å². The van der Waals surface area contributed by atoms with Gasteiger partial charge >= 0.3 is 0 Å². The summed E-state index contributed by atoms with van der Waals surface area (Å²) < 4.78 is 0. The van der Waals surface area contributed by atoms with Crippen molar-refractivity contribution in [3.63, 3.8) is 0 Å². The fraction of sp³-hybridized carbons (Fsp3) is 0.526. The molecule has 2 atom stereocenters. The Labute approximate surface area is 122 Å². The number of carbonyl (C=O) groups excluding carboxylic acids is 1. The minimum absolute atomic E-state index is 0.106. The first kappa shape index (κ1) is 13.6. The van der Waals surface area contributed by atoms with E-state index in [1.165, 1.54) is 17.6 Å². The summed E-state index contributed by atoms with van der Waals surface area (Å²) in [5.41, 5.74) is 3.59. The lowest BCUT2D eigenvalue weighted by Crippen LogP contribution is -2.32. The molecule has 0 saturated heterocycles. The molecule has 0 spiro atoms. The van der Waals surface area contributed by atoms with Crippen molar-refractivity contribution in [1.82, 2.24) is 0 Å². The number of hydrogen-bond acceptors (Lipinski definition) is 1. The molecule has 3 rings (SSSR count). The molecule has 1 aromatic rings. The average Bonchev–Trinajstić information content (AvgIpc) is 2.75. The van der Waals surface area contributed by atoms with E-state index in [0.29, 0.717) is 11.7 Å². The quantitative estimate of drug-likeness (QED) is 0.699. The predicted octanol–water partition coefficient (Wildman–Crippen LogP) is 4.88. The molecule has 1 nitrogen and oxygen atoms in total. The van der Waals surface area contributed by atoms with E-state index >= 15 is 0 Å². The van der Waals surface area contributed by atoms with Crippen LogP contribution in [0.1, 0.15) is 52.5 Å². The largest absolute Gasteiger partial charge is 0.294 e. The topological polar surface area (TPSA) is 17.1 Å². The molecule has 106 valence electrons. The van der Waals surface area contributed by atoms with Crippen LogP contribution in [0.25, 0.3) is 5.57 Å². The van der Waals surface area contributed by atoms with E-state index in [4.69, 9.17) is 0 Å². The molecule has 2 bridgehead atoms. The maximum Gasteiger partial charge on any atom is 0.165 e. The van der Waals surface area contributed by atoms with Gasteiger partial charge in [-0.2, -0.15) is 0 Å². The molecular formula is C19H24O. The molecular weight excluding hydrogens is 244 g/mol. The van der Waals surface area contributed by atoms with Crippen LogP contribution in [-0.2, 0) is 4.79 Å². The summed E-state index contributed by atoms with van der Waals surface area (Å²) in [6.45, 7) is 8.92. The van der Waals surface area contributed by atoms with Crippen molar-refractivity contribution in [2.24, 2.45) is 16.7 Å². The Morgan fingerprint density at radius 3 is 2.35 bits per heavy atom. The Balaban J connectivity index is 2.19. The van der Waals surface area contributed by atoms with Crippen molar-refractivity contribution >= 4 is 11.4 Å². The second-order valence-corrected chi connectivity index (χ2v) is 7.09. The molecule has 0 heterocycles. The van der Waals surface area contributed by atoms with E-state index in [1.807, 2.05) is 6.07 Å². The van der Waals surface area contributed by atoms with Crippen LogP contribution >= 0.6 is 0 Å². The van der Waals surface area contributed by atoms with E-state index in [0.717, 1.165) is 18.4 Å². The number of fused-ring (bicyclic) bond motifs is 2. The first-order valence-corrected chi connectivity index (χ1v) is 7.76. The molecule has 0 aromatic heterocycles. The molecule has 2 fully saturated rings. The molecule has 1 aromatic carbocycles. The van der Waals surface area contributed by atoms with Gasteiger partial charge in [-0.3, -0.25) is 4.79 Å². The van der Waals surface area contributed by atoms with Gasteiger partial charge in [0.1, 0.15) is 0 Å². The van der Waals surface area contributed by atoms with E-state index in [2.05, 4.69) is 52.0 Å². The monoisotopic (exact) mass is 268 g/mol. The Hall–Kier alpha value is -1.37. The zero-order valence-electron chi connectivity index (χ0n) is 13.0. The standard InChI is InChI=1S/C19H24O/c1-5-14(13-9-7-6-8-10-13)16-15-11-12-19(4,17(16)20)18(15,2)3/h6-10,15H,5,11-12H2,1-4H3. The van der Waals surface area contributed by atoms with Crippen LogP contribution in [0.3, 0.4) is 0 Å². The zero-order chi connectivity index (χ0) is 14.5. The van der Waals surface area contributed by atoms with Crippen LogP contribution < -0.4 is 0 Å². The van der Waals surface area contributed by atoms with Crippen LogP contribution in [0.15, 0.2) is 35.9 Å². The Bertz CT molecular complexity index is 579. The van der Waals surface area contributed by atoms with Crippen LogP contribution in [0.4, 0.5) is 0 Å². The van der Waals surface area contributed by atoms with E-state index in [-0.39, 0.29) is 10.8 Å². The summed E-state index contributed by atoms with van der Waals surface area (Å²) in [6.07, 6.45) is 3.16. The van der Waals surface area contributed by atoms with Gasteiger partial charge < -0.3 is 0 Å². The van der Waals surface area contributed by atoms with Crippen LogP contribution in [-0.4, -0.2) is 5.78 Å². The number of benzene rings is 1. The molecule has 2 aliphatic carbocycles. The van der Waals surface area contributed by atoms with Gasteiger partial charge in [-0.1, -0.05) is 58.0 Å². The van der Waals surface area contributed by atoms with Crippen LogP contribution in [0, 0.1) is 16.7 Å². The molecule has 0 aliphatic heterocycles. The summed E-state index contributed by atoms with van der Waals surface area (Å²) in [5, 5.41) is 0. The first-order valence-electron chi connectivity index (χ1n) is 7.76. The third-order valence-corrected chi connectivity index (χ3v) is 6.12. The summed E-state index contributed by atoms with van der Waals surface area (Å²) in [4.78, 5) is 13.0. The second kappa shape index (κ2) is 4.31. The van der Waals surface area contributed by atoms with Crippen molar-refractivity contribution < 1.29 is 4.79 Å². The van der Waals surface area contributed by atoms with E-state index in [1.54, 1.807) is 0 Å². The van der Waals surface area contributed by atoms with Gasteiger partial charge in [0.25, 0.3) is 0 Å². The highest BCUT2D eigenvalue weighted by atomic mass is 16.1. The van der Waals surface area contributed by atoms with Crippen molar-refractivity contribution in [2.45, 2.75) is 47.0 Å². The molecule has 1 heteroatoms. The maximum atomic E-state index is 13.0. The van der Waals surface area contributed by atoms with E-state index in [9.17, 15) is 4.79 Å². The smallest absolute Gasteiger partial charge is 0.165 e. The van der Waals surface area contributed by atoms with Crippen LogP contribution in [0.2, 0.25) is 0 Å². The van der Waals surface area contributed by atoms with Gasteiger partial charge in [0.2, 0.25) is 0 Å². The summed E-state index contributed by atoms with van der Waals surface area (Å²) >= 11 is 0. The number of carbonyl (C=O) groups is 1. The second-order valence-electron chi connectivity index (χ2n) is 7.09. The molecule has 0 N–H and O–H groups in total. The highest BCUT2D eigenvalue weighted by Crippen LogP contribution is 2.66. The molecule has 2 unspecified atom stereocenters. The Morgan fingerprint density at radius 2 is 1.85 bits per heavy atom. The molecule has 0 amide bonds. The Kier molecular flexibility index (Phi) is 2.93. The normalized spacial score (nSPS) is 33.6. The predicted molar refractivity (Wildman–Crippen MR) is 83.3 cm³/mol. The molecule has 2 saturated carbocycles. The number of Topliss-reactive ketones (excluding diaryl/α,β-unsaturated/α-hetero) is 1. The first-order chi connectivity index (χ1) is 9.43. The highest BCUT2D eigenvalue weighted by molar-refractivity contribution is 6.10. The van der Waals surface area contributed by atoms with Gasteiger partial charge in [-0.25, -0.2) is 0 Å². The zero-order valence-corrected chi connectivity index (χ0v) is 13.0. The number of ketones is 1. The fourth-order valence-corrected chi connectivity index (χ4v) is 4.40. The van der Waals surface area contributed by atoms with Gasteiger partial charge in [-0.15, -0.1) is 0 Å². The van der Waals surface area contributed by atoms with Gasteiger partial charge in [0, 0.05) is 11.0 Å². The maximum absolute atomic E-state index is 13.0. The van der Waals surface area contributed by atoms with Crippen molar-refractivity contribution in [1.29, 1.82) is 0 Å². The summed E-state index contributed by atoms with van der Waals surface area (Å²) in [5.74, 6) is 0.856. The molecule has 0 radical (unpaired) electrons. The highest BCUT2D eigenvalue weighted by Gasteiger charge is 2.64. The van der Waals surface area contributed by atoms with Gasteiger partial charge in [-0.05, 0) is 41.7 Å². The van der Waals surface area contributed by atoms with E-state index < -0.39 is 0 Å². The van der Waals surface area contributed by atoms with Crippen molar-refractivity contribution in [3.8, 4) is 0 Å². The fourth-order valence-electron chi connectivity index (χ4n) is 4.40. The minimum atomic E-state index is -0.151. The van der Waals surface area contributed by atoms with Crippen molar-refractivity contribution in [3.05, 3.63) is 41.5 Å². The lowest BCUT2D eigenvalue weighted by atomic mass is 9.70. The summed E-state index contributed by atoms with van der Waals surface area (Å²) in [7, 11) is 0. The van der Waals surface area contributed by atoms with Crippen molar-refractivity contribution in [2.75, 3.05) is 0 Å². The number of allylic oxidation sites excluding steroid dienone is 2. The summed E-state index contributed by atoms with van der Waals surface area (Å²) in [6, 6.07) is 10.4. The third-order valence-electron chi connectivity index (χ3n) is 6.12. The number of hydrogen-bond donors (Lipinski definition) is 0. The third kappa shape index (κ3) is 1.52. The van der Waals surface area contributed by atoms with Gasteiger partial charge in [0.05, 0.1) is 0 Å². The number of rotatable bonds is 2. The van der Waals surface area contributed by atoms with Crippen LogP contribution in [0.5, 0.6) is 0 Å². The Morgan fingerprint density at radius 1 is 1.20 bits per heavy atom.